The first kappa shape index (κ1) is 14.8. The molecule has 1 nitrogen and oxygen atoms in total. The average Bonchev–Trinajstić information content (AvgIpc) is 2.57. The quantitative estimate of drug-likeness (QED) is 0.728. The molecule has 1 atom stereocenters. The summed E-state index contributed by atoms with van der Waals surface area (Å²) in [5.41, 5.74) is 6.19. The van der Waals surface area contributed by atoms with Gasteiger partial charge in [-0.2, -0.15) is 0 Å². The standard InChI is InChI=1S/C22H27N/c1-17-16-22(13-6-3-7-14-22)23-21-19(11-8-12-20(17)21)15-18-9-4-2-5-10-18/h2,4-5,8-12,17,23H,3,6-7,13-16H2,1H3. The lowest BCUT2D eigenvalue weighted by Crippen LogP contribution is -2.44. The fraction of sp³-hybridized carbons (Fsp3) is 0.455. The van der Waals surface area contributed by atoms with Crippen molar-refractivity contribution in [2.75, 3.05) is 5.32 Å². The molecule has 120 valence electrons. The Kier molecular flexibility index (Phi) is 3.88. The summed E-state index contributed by atoms with van der Waals surface area (Å²) >= 11 is 0. The van der Waals surface area contributed by atoms with E-state index in [9.17, 15) is 0 Å². The summed E-state index contributed by atoms with van der Waals surface area (Å²) in [7, 11) is 0. The van der Waals surface area contributed by atoms with Crippen molar-refractivity contribution in [1.29, 1.82) is 0 Å². The van der Waals surface area contributed by atoms with Crippen LogP contribution in [0.3, 0.4) is 0 Å². The minimum absolute atomic E-state index is 0.359. The van der Waals surface area contributed by atoms with Crippen molar-refractivity contribution in [2.45, 2.75) is 63.3 Å². The lowest BCUT2D eigenvalue weighted by atomic mass is 9.71. The fourth-order valence-corrected chi connectivity index (χ4v) is 4.72. The van der Waals surface area contributed by atoms with E-state index in [1.165, 1.54) is 60.9 Å². The molecule has 1 heteroatoms. The van der Waals surface area contributed by atoms with E-state index in [2.05, 4.69) is 60.8 Å². The largest absolute Gasteiger partial charge is 0.379 e. The first-order valence-corrected chi connectivity index (χ1v) is 9.20. The van der Waals surface area contributed by atoms with Gasteiger partial charge >= 0.3 is 0 Å². The summed E-state index contributed by atoms with van der Waals surface area (Å²) < 4.78 is 0. The van der Waals surface area contributed by atoms with E-state index < -0.39 is 0 Å². The highest BCUT2D eigenvalue weighted by Crippen LogP contribution is 2.46. The number of hydrogen-bond donors (Lipinski definition) is 1. The summed E-state index contributed by atoms with van der Waals surface area (Å²) in [6, 6.07) is 17.7. The highest BCUT2D eigenvalue weighted by molar-refractivity contribution is 5.63. The Morgan fingerprint density at radius 1 is 0.957 bits per heavy atom. The molecule has 23 heavy (non-hydrogen) atoms. The van der Waals surface area contributed by atoms with E-state index in [4.69, 9.17) is 0 Å². The normalized spacial score (nSPS) is 22.4. The molecule has 0 saturated heterocycles. The third kappa shape index (κ3) is 2.89. The van der Waals surface area contributed by atoms with Gasteiger partial charge < -0.3 is 5.32 Å². The van der Waals surface area contributed by atoms with Crippen LogP contribution in [0.25, 0.3) is 0 Å². The second kappa shape index (κ2) is 6.03. The first-order valence-electron chi connectivity index (χ1n) is 9.20. The Bertz CT molecular complexity index is 668. The smallest absolute Gasteiger partial charge is 0.0415 e. The molecule has 2 aromatic rings. The maximum absolute atomic E-state index is 4.03. The van der Waals surface area contributed by atoms with Gasteiger partial charge in [0.15, 0.2) is 0 Å². The second-order valence-corrected chi connectivity index (χ2v) is 7.61. The molecule has 1 heterocycles. The molecule has 1 aliphatic carbocycles. The molecule has 1 unspecified atom stereocenters. The number of hydrogen-bond acceptors (Lipinski definition) is 1. The number of para-hydroxylation sites is 1. The molecule has 1 N–H and O–H groups in total. The van der Waals surface area contributed by atoms with Crippen LogP contribution in [0.2, 0.25) is 0 Å². The fourth-order valence-electron chi connectivity index (χ4n) is 4.72. The molecule has 2 aromatic carbocycles. The van der Waals surface area contributed by atoms with Crippen LogP contribution >= 0.6 is 0 Å². The van der Waals surface area contributed by atoms with Crippen molar-refractivity contribution in [2.24, 2.45) is 0 Å². The van der Waals surface area contributed by atoms with Crippen LogP contribution in [0.1, 0.15) is 68.1 Å². The molecule has 1 aliphatic heterocycles. The predicted octanol–water partition coefficient (Wildman–Crippen LogP) is 5.90. The average molecular weight is 305 g/mol. The topological polar surface area (TPSA) is 12.0 Å². The SMILES string of the molecule is CC1CC2(CCCCC2)Nc2c(Cc3ccccc3)cccc21. The third-order valence-corrected chi connectivity index (χ3v) is 5.85. The Hall–Kier alpha value is -1.76. The second-order valence-electron chi connectivity index (χ2n) is 7.61. The molecule has 0 amide bonds. The van der Waals surface area contributed by atoms with Crippen molar-refractivity contribution < 1.29 is 0 Å². The molecule has 1 spiro atoms. The van der Waals surface area contributed by atoms with Crippen molar-refractivity contribution in [3.05, 3.63) is 65.2 Å². The molecule has 1 fully saturated rings. The third-order valence-electron chi connectivity index (χ3n) is 5.85. The number of benzene rings is 2. The van der Waals surface area contributed by atoms with E-state index in [0.717, 1.165) is 6.42 Å². The summed E-state index contributed by atoms with van der Waals surface area (Å²) in [6.07, 6.45) is 9.20. The van der Waals surface area contributed by atoms with Crippen LogP contribution in [-0.2, 0) is 6.42 Å². The zero-order valence-electron chi connectivity index (χ0n) is 14.1. The van der Waals surface area contributed by atoms with Gasteiger partial charge in [0.05, 0.1) is 0 Å². The van der Waals surface area contributed by atoms with Gasteiger partial charge in [0.1, 0.15) is 0 Å². The Balaban J connectivity index is 1.69. The zero-order chi connectivity index (χ0) is 15.7. The summed E-state index contributed by atoms with van der Waals surface area (Å²) in [4.78, 5) is 0. The monoisotopic (exact) mass is 305 g/mol. The van der Waals surface area contributed by atoms with Gasteiger partial charge in [0.25, 0.3) is 0 Å². The number of anilines is 1. The molecule has 0 radical (unpaired) electrons. The molecule has 2 aliphatic rings. The number of fused-ring (bicyclic) bond motifs is 1. The maximum atomic E-state index is 4.03. The summed E-state index contributed by atoms with van der Waals surface area (Å²) in [6.45, 7) is 2.42. The van der Waals surface area contributed by atoms with Crippen LogP contribution in [0.4, 0.5) is 5.69 Å². The van der Waals surface area contributed by atoms with Gasteiger partial charge in [-0.05, 0) is 48.3 Å². The Morgan fingerprint density at radius 3 is 2.52 bits per heavy atom. The molecule has 0 aromatic heterocycles. The summed E-state index contributed by atoms with van der Waals surface area (Å²) in [5.74, 6) is 0.667. The highest BCUT2D eigenvalue weighted by Gasteiger charge is 2.38. The molecular weight excluding hydrogens is 278 g/mol. The Morgan fingerprint density at radius 2 is 1.74 bits per heavy atom. The first-order chi connectivity index (χ1) is 11.3. The van der Waals surface area contributed by atoms with Crippen LogP contribution in [0.5, 0.6) is 0 Å². The van der Waals surface area contributed by atoms with Gasteiger partial charge in [0, 0.05) is 11.2 Å². The van der Waals surface area contributed by atoms with Gasteiger partial charge in [-0.3, -0.25) is 0 Å². The van der Waals surface area contributed by atoms with Crippen LogP contribution < -0.4 is 5.32 Å². The van der Waals surface area contributed by atoms with E-state index in [0.29, 0.717) is 11.5 Å². The number of nitrogens with one attached hydrogen (secondary N) is 1. The van der Waals surface area contributed by atoms with Crippen molar-refractivity contribution in [3.8, 4) is 0 Å². The number of rotatable bonds is 2. The van der Waals surface area contributed by atoms with Gasteiger partial charge in [-0.25, -0.2) is 0 Å². The molecule has 0 bridgehead atoms. The van der Waals surface area contributed by atoms with Gasteiger partial charge in [0.2, 0.25) is 0 Å². The lowest BCUT2D eigenvalue weighted by Gasteiger charge is -2.46. The predicted molar refractivity (Wildman–Crippen MR) is 98.2 cm³/mol. The van der Waals surface area contributed by atoms with E-state index >= 15 is 0 Å². The van der Waals surface area contributed by atoms with Crippen LogP contribution in [-0.4, -0.2) is 5.54 Å². The van der Waals surface area contributed by atoms with Crippen molar-refractivity contribution in [1.82, 2.24) is 0 Å². The molecule has 1 saturated carbocycles. The lowest BCUT2D eigenvalue weighted by molar-refractivity contribution is 0.281. The van der Waals surface area contributed by atoms with Crippen LogP contribution in [0.15, 0.2) is 48.5 Å². The van der Waals surface area contributed by atoms with Gasteiger partial charge in [-0.15, -0.1) is 0 Å². The van der Waals surface area contributed by atoms with Crippen molar-refractivity contribution >= 4 is 5.69 Å². The Labute approximate surface area is 140 Å². The van der Waals surface area contributed by atoms with Crippen LogP contribution in [0, 0.1) is 0 Å². The maximum Gasteiger partial charge on any atom is 0.0415 e. The summed E-state index contributed by atoms with van der Waals surface area (Å²) in [5, 5.41) is 4.03. The van der Waals surface area contributed by atoms with Crippen molar-refractivity contribution in [3.63, 3.8) is 0 Å². The highest BCUT2D eigenvalue weighted by atomic mass is 15.0. The zero-order valence-corrected chi connectivity index (χ0v) is 14.1. The van der Waals surface area contributed by atoms with E-state index in [1.807, 2.05) is 0 Å². The van der Waals surface area contributed by atoms with E-state index in [-0.39, 0.29) is 0 Å². The minimum Gasteiger partial charge on any atom is -0.379 e. The minimum atomic E-state index is 0.359. The van der Waals surface area contributed by atoms with Gasteiger partial charge in [-0.1, -0.05) is 74.7 Å². The van der Waals surface area contributed by atoms with E-state index in [1.54, 1.807) is 0 Å². The molecular formula is C22H27N. The molecule has 4 rings (SSSR count).